The van der Waals surface area contributed by atoms with Crippen LogP contribution in [0.4, 0.5) is 0 Å². The summed E-state index contributed by atoms with van der Waals surface area (Å²) in [5.41, 5.74) is 1.10. The molecule has 2 heterocycles. The summed E-state index contributed by atoms with van der Waals surface area (Å²) < 4.78 is 6.90. The van der Waals surface area contributed by atoms with E-state index in [-0.39, 0.29) is 5.56 Å². The molecular formula is C14H22N2O2S2. The molecule has 0 aliphatic carbocycles. The van der Waals surface area contributed by atoms with Crippen molar-refractivity contribution in [2.24, 2.45) is 0 Å². The van der Waals surface area contributed by atoms with E-state index in [1.807, 2.05) is 0 Å². The Morgan fingerprint density at radius 1 is 1.55 bits per heavy atom. The van der Waals surface area contributed by atoms with E-state index in [9.17, 15) is 4.79 Å². The lowest BCUT2D eigenvalue weighted by Crippen LogP contribution is -2.27. The van der Waals surface area contributed by atoms with E-state index in [4.69, 9.17) is 9.72 Å². The van der Waals surface area contributed by atoms with Crippen LogP contribution in [0.25, 0.3) is 0 Å². The molecule has 0 aromatic carbocycles. The smallest absolute Gasteiger partial charge is 0.268 e. The number of rotatable bonds is 7. The van der Waals surface area contributed by atoms with Gasteiger partial charge in [-0.05, 0) is 6.42 Å². The molecule has 1 aromatic rings. The zero-order chi connectivity index (χ0) is 14.5. The molecule has 112 valence electrons. The van der Waals surface area contributed by atoms with Crippen LogP contribution in [0.2, 0.25) is 0 Å². The van der Waals surface area contributed by atoms with Crippen molar-refractivity contribution in [1.29, 1.82) is 0 Å². The minimum Gasteiger partial charge on any atom is -0.383 e. The number of thioether (sulfide) groups is 2. The minimum atomic E-state index is 0.111. The van der Waals surface area contributed by atoms with E-state index in [2.05, 4.69) is 13.8 Å². The normalized spacial score (nSPS) is 17.4. The van der Waals surface area contributed by atoms with E-state index in [1.165, 1.54) is 0 Å². The SMILES string of the molecule is CCCCSc1nc2c(c(=O)n1CCOC)SC(C)C2. The van der Waals surface area contributed by atoms with E-state index in [0.717, 1.165) is 40.8 Å². The van der Waals surface area contributed by atoms with Gasteiger partial charge in [-0.15, -0.1) is 11.8 Å². The van der Waals surface area contributed by atoms with Crippen molar-refractivity contribution in [3.63, 3.8) is 0 Å². The molecule has 0 saturated heterocycles. The molecule has 1 aliphatic heterocycles. The van der Waals surface area contributed by atoms with Crippen LogP contribution < -0.4 is 5.56 Å². The van der Waals surface area contributed by atoms with Gasteiger partial charge in [-0.3, -0.25) is 9.36 Å². The van der Waals surface area contributed by atoms with Crippen LogP contribution in [0.1, 0.15) is 32.4 Å². The van der Waals surface area contributed by atoms with Crippen molar-refractivity contribution in [1.82, 2.24) is 9.55 Å². The molecule has 0 bridgehead atoms. The van der Waals surface area contributed by atoms with Gasteiger partial charge in [-0.25, -0.2) is 4.98 Å². The zero-order valence-electron chi connectivity index (χ0n) is 12.3. The quantitative estimate of drug-likeness (QED) is 0.440. The Kier molecular flexibility index (Phi) is 5.99. The van der Waals surface area contributed by atoms with Crippen LogP contribution in [0.3, 0.4) is 0 Å². The summed E-state index contributed by atoms with van der Waals surface area (Å²) in [5.74, 6) is 1.01. The predicted molar refractivity (Wildman–Crippen MR) is 85.0 cm³/mol. The topological polar surface area (TPSA) is 44.1 Å². The number of methoxy groups -OCH3 is 1. The Labute approximate surface area is 128 Å². The van der Waals surface area contributed by atoms with Crippen molar-refractivity contribution in [2.75, 3.05) is 19.5 Å². The number of ether oxygens (including phenoxy) is 1. The lowest BCUT2D eigenvalue weighted by Gasteiger charge is -2.13. The number of nitrogens with zero attached hydrogens (tertiary/aromatic N) is 2. The molecule has 1 atom stereocenters. The third kappa shape index (κ3) is 3.59. The second-order valence-corrected chi connectivity index (χ2v) is 7.47. The lowest BCUT2D eigenvalue weighted by molar-refractivity contribution is 0.182. The average Bonchev–Trinajstić information content (AvgIpc) is 2.79. The highest BCUT2D eigenvalue weighted by atomic mass is 32.2. The third-order valence-electron chi connectivity index (χ3n) is 3.21. The lowest BCUT2D eigenvalue weighted by atomic mass is 10.2. The molecule has 1 aromatic heterocycles. The van der Waals surface area contributed by atoms with Gasteiger partial charge in [0.2, 0.25) is 0 Å². The van der Waals surface area contributed by atoms with E-state index in [0.29, 0.717) is 18.4 Å². The van der Waals surface area contributed by atoms with Crippen LogP contribution in [0, 0.1) is 0 Å². The van der Waals surface area contributed by atoms with Crippen LogP contribution in [-0.4, -0.2) is 34.3 Å². The van der Waals surface area contributed by atoms with Crippen molar-refractivity contribution in [3.05, 3.63) is 16.0 Å². The van der Waals surface area contributed by atoms with Crippen LogP contribution >= 0.6 is 23.5 Å². The molecule has 0 saturated carbocycles. The Morgan fingerprint density at radius 2 is 2.35 bits per heavy atom. The Hall–Kier alpha value is -0.460. The number of hydrogen-bond acceptors (Lipinski definition) is 5. The van der Waals surface area contributed by atoms with Crippen LogP contribution in [0.5, 0.6) is 0 Å². The van der Waals surface area contributed by atoms with Gasteiger partial charge in [-0.2, -0.15) is 0 Å². The summed E-state index contributed by atoms with van der Waals surface area (Å²) >= 11 is 3.35. The molecule has 20 heavy (non-hydrogen) atoms. The maximum atomic E-state index is 12.6. The van der Waals surface area contributed by atoms with Gasteiger partial charge in [0.1, 0.15) is 0 Å². The summed E-state index contributed by atoms with van der Waals surface area (Å²) in [6.45, 7) is 5.45. The van der Waals surface area contributed by atoms with E-state index < -0.39 is 0 Å². The molecule has 0 radical (unpaired) electrons. The number of unbranched alkanes of at least 4 members (excludes halogenated alkanes) is 1. The molecule has 0 N–H and O–H groups in total. The molecule has 0 fully saturated rings. The van der Waals surface area contributed by atoms with Gasteiger partial charge < -0.3 is 4.74 Å². The van der Waals surface area contributed by atoms with Crippen molar-refractivity contribution >= 4 is 23.5 Å². The maximum Gasteiger partial charge on any atom is 0.268 e. The third-order valence-corrected chi connectivity index (χ3v) is 5.49. The van der Waals surface area contributed by atoms with Gasteiger partial charge in [-0.1, -0.05) is 32.0 Å². The van der Waals surface area contributed by atoms with Crippen molar-refractivity contribution in [3.8, 4) is 0 Å². The zero-order valence-corrected chi connectivity index (χ0v) is 14.0. The van der Waals surface area contributed by atoms with E-state index >= 15 is 0 Å². The second kappa shape index (κ2) is 7.52. The first kappa shape index (κ1) is 15.9. The van der Waals surface area contributed by atoms with Gasteiger partial charge in [0.15, 0.2) is 5.16 Å². The summed E-state index contributed by atoms with van der Waals surface area (Å²) in [5, 5.41) is 1.31. The molecule has 1 unspecified atom stereocenters. The molecular weight excluding hydrogens is 292 g/mol. The highest BCUT2D eigenvalue weighted by molar-refractivity contribution is 8.00. The fraction of sp³-hybridized carbons (Fsp3) is 0.714. The molecule has 2 rings (SSSR count). The first-order chi connectivity index (χ1) is 9.67. The van der Waals surface area contributed by atoms with Crippen LogP contribution in [0.15, 0.2) is 14.8 Å². The summed E-state index contributed by atoms with van der Waals surface area (Å²) in [6.07, 6.45) is 3.21. The first-order valence-electron chi connectivity index (χ1n) is 7.09. The van der Waals surface area contributed by atoms with Crippen molar-refractivity contribution < 1.29 is 4.74 Å². The van der Waals surface area contributed by atoms with Crippen molar-refractivity contribution in [2.45, 2.75) is 55.0 Å². The molecule has 6 heteroatoms. The highest BCUT2D eigenvalue weighted by Crippen LogP contribution is 2.34. The molecule has 0 amide bonds. The average molecular weight is 314 g/mol. The van der Waals surface area contributed by atoms with Gasteiger partial charge >= 0.3 is 0 Å². The predicted octanol–water partition coefficient (Wildman–Crippen LogP) is 2.82. The second-order valence-electron chi connectivity index (χ2n) is 4.95. The maximum absolute atomic E-state index is 12.6. The Bertz CT molecular complexity index is 517. The standard InChI is InChI=1S/C14H22N2O2S2/c1-4-5-8-19-14-15-11-9-10(2)20-12(11)13(17)16(14)6-7-18-3/h10H,4-9H2,1-3H3. The summed E-state index contributed by atoms with van der Waals surface area (Å²) in [4.78, 5) is 18.2. The van der Waals surface area contributed by atoms with Crippen LogP contribution in [-0.2, 0) is 17.7 Å². The Balaban J connectivity index is 2.30. The summed E-state index contributed by atoms with van der Waals surface area (Å²) in [6, 6.07) is 0. The monoisotopic (exact) mass is 314 g/mol. The van der Waals surface area contributed by atoms with Gasteiger partial charge in [0, 0.05) is 24.5 Å². The number of fused-ring (bicyclic) bond motifs is 1. The molecule has 0 spiro atoms. The minimum absolute atomic E-state index is 0.111. The fourth-order valence-corrected chi connectivity index (χ4v) is 4.37. The van der Waals surface area contributed by atoms with Gasteiger partial charge in [0.05, 0.1) is 23.7 Å². The first-order valence-corrected chi connectivity index (χ1v) is 8.96. The van der Waals surface area contributed by atoms with Gasteiger partial charge in [0.25, 0.3) is 5.56 Å². The number of aromatic nitrogens is 2. The molecule has 4 nitrogen and oxygen atoms in total. The molecule has 1 aliphatic rings. The van der Waals surface area contributed by atoms with E-state index in [1.54, 1.807) is 35.2 Å². The summed E-state index contributed by atoms with van der Waals surface area (Å²) in [7, 11) is 1.66. The Morgan fingerprint density at radius 3 is 3.05 bits per heavy atom. The number of hydrogen-bond donors (Lipinski definition) is 0. The fourth-order valence-electron chi connectivity index (χ4n) is 2.13. The largest absolute Gasteiger partial charge is 0.383 e. The highest BCUT2D eigenvalue weighted by Gasteiger charge is 2.26.